The number of hydrogen-bond acceptors (Lipinski definition) is 4. The number of nitriles is 2. The van der Waals surface area contributed by atoms with Crippen molar-refractivity contribution < 1.29 is 9.59 Å². The first kappa shape index (κ1) is 14.6. The molecular weight excluding hydrogens is 240 g/mol. The minimum absolute atomic E-state index is 0.168. The SMILES string of the molecule is CC(C)(C)C(=O)CC(=O)c1cc(C#N)cc(C#N)c1. The zero-order valence-electron chi connectivity index (χ0n) is 11.2. The van der Waals surface area contributed by atoms with Gasteiger partial charge in [0.1, 0.15) is 5.78 Å². The van der Waals surface area contributed by atoms with Crippen LogP contribution in [0.3, 0.4) is 0 Å². The van der Waals surface area contributed by atoms with E-state index in [1.807, 2.05) is 12.1 Å². The van der Waals surface area contributed by atoms with Crippen LogP contribution in [0.4, 0.5) is 0 Å². The molecule has 0 amide bonds. The smallest absolute Gasteiger partial charge is 0.170 e. The third kappa shape index (κ3) is 3.76. The summed E-state index contributed by atoms with van der Waals surface area (Å²) in [6.45, 7) is 5.24. The summed E-state index contributed by atoms with van der Waals surface area (Å²) in [6.07, 6.45) is -0.219. The average molecular weight is 254 g/mol. The largest absolute Gasteiger partial charge is 0.299 e. The van der Waals surface area contributed by atoms with Crippen LogP contribution in [-0.2, 0) is 4.79 Å². The van der Waals surface area contributed by atoms with E-state index in [9.17, 15) is 9.59 Å². The molecule has 0 bridgehead atoms. The number of rotatable bonds is 3. The number of Topliss-reactive ketones (excluding diaryl/α,β-unsaturated/α-hetero) is 2. The molecule has 19 heavy (non-hydrogen) atoms. The number of benzene rings is 1. The van der Waals surface area contributed by atoms with E-state index in [2.05, 4.69) is 0 Å². The molecule has 0 fully saturated rings. The molecule has 0 unspecified atom stereocenters. The molecule has 4 heteroatoms. The standard InChI is InChI=1S/C15H14N2O2/c1-15(2,3)14(19)7-13(18)12-5-10(8-16)4-11(6-12)9-17/h4-6H,7H2,1-3H3. The van der Waals surface area contributed by atoms with Gasteiger partial charge in [-0.1, -0.05) is 20.8 Å². The maximum atomic E-state index is 12.0. The van der Waals surface area contributed by atoms with Crippen molar-refractivity contribution in [1.29, 1.82) is 10.5 Å². The van der Waals surface area contributed by atoms with Gasteiger partial charge >= 0.3 is 0 Å². The van der Waals surface area contributed by atoms with Gasteiger partial charge in [-0.3, -0.25) is 9.59 Å². The van der Waals surface area contributed by atoms with Crippen molar-refractivity contribution in [3.05, 3.63) is 34.9 Å². The number of nitrogens with zero attached hydrogens (tertiary/aromatic N) is 2. The Morgan fingerprint density at radius 2 is 1.53 bits per heavy atom. The highest BCUT2D eigenvalue weighted by molar-refractivity contribution is 6.09. The van der Waals surface area contributed by atoms with Crippen LogP contribution < -0.4 is 0 Å². The lowest BCUT2D eigenvalue weighted by molar-refractivity contribution is -0.125. The van der Waals surface area contributed by atoms with Crippen molar-refractivity contribution in [2.75, 3.05) is 0 Å². The molecule has 96 valence electrons. The Morgan fingerprint density at radius 1 is 1.05 bits per heavy atom. The molecule has 0 N–H and O–H groups in total. The summed E-state index contributed by atoms with van der Waals surface area (Å²) in [5.41, 5.74) is 0.130. The number of hydrogen-bond donors (Lipinski definition) is 0. The second-order valence-corrected chi connectivity index (χ2v) is 5.30. The highest BCUT2D eigenvalue weighted by atomic mass is 16.1. The number of carbonyl (C=O) groups excluding carboxylic acids is 2. The lowest BCUT2D eigenvalue weighted by Crippen LogP contribution is -2.23. The van der Waals surface area contributed by atoms with Crippen molar-refractivity contribution in [3.63, 3.8) is 0 Å². The zero-order valence-corrected chi connectivity index (χ0v) is 11.2. The van der Waals surface area contributed by atoms with Crippen molar-refractivity contribution in [2.24, 2.45) is 5.41 Å². The van der Waals surface area contributed by atoms with Crippen molar-refractivity contribution >= 4 is 11.6 Å². The van der Waals surface area contributed by atoms with Gasteiger partial charge in [-0.25, -0.2) is 0 Å². The van der Waals surface area contributed by atoms with E-state index < -0.39 is 5.41 Å². The Labute approximate surface area is 112 Å². The summed E-state index contributed by atoms with van der Waals surface area (Å²) < 4.78 is 0. The van der Waals surface area contributed by atoms with E-state index in [-0.39, 0.29) is 34.7 Å². The summed E-state index contributed by atoms with van der Waals surface area (Å²) in [4.78, 5) is 23.8. The first-order valence-electron chi connectivity index (χ1n) is 5.79. The van der Waals surface area contributed by atoms with E-state index in [1.165, 1.54) is 18.2 Å². The van der Waals surface area contributed by atoms with Crippen LogP contribution in [0, 0.1) is 28.1 Å². The molecule has 1 aromatic rings. The Balaban J connectivity index is 3.05. The van der Waals surface area contributed by atoms with E-state index in [4.69, 9.17) is 10.5 Å². The predicted molar refractivity (Wildman–Crippen MR) is 69.3 cm³/mol. The molecule has 0 saturated heterocycles. The molecule has 0 spiro atoms. The maximum absolute atomic E-state index is 12.0. The Kier molecular flexibility index (Phi) is 4.19. The van der Waals surface area contributed by atoms with Gasteiger partial charge in [-0.15, -0.1) is 0 Å². The average Bonchev–Trinajstić information content (AvgIpc) is 2.36. The van der Waals surface area contributed by atoms with Gasteiger partial charge in [0, 0.05) is 11.0 Å². The fourth-order valence-corrected chi connectivity index (χ4v) is 1.43. The zero-order chi connectivity index (χ0) is 14.6. The van der Waals surface area contributed by atoms with Gasteiger partial charge in [-0.05, 0) is 18.2 Å². The Morgan fingerprint density at radius 3 is 1.89 bits per heavy atom. The van der Waals surface area contributed by atoms with Crippen LogP contribution in [0.2, 0.25) is 0 Å². The molecule has 0 aromatic heterocycles. The van der Waals surface area contributed by atoms with Gasteiger partial charge in [0.2, 0.25) is 0 Å². The predicted octanol–water partition coefficient (Wildman–Crippen LogP) is 2.62. The summed E-state index contributed by atoms with van der Waals surface area (Å²) in [5, 5.41) is 17.7. The molecular formula is C15H14N2O2. The summed E-state index contributed by atoms with van der Waals surface area (Å²) in [7, 11) is 0. The molecule has 1 aromatic carbocycles. The molecule has 0 saturated carbocycles. The van der Waals surface area contributed by atoms with Crippen LogP contribution in [0.25, 0.3) is 0 Å². The number of ketones is 2. The van der Waals surface area contributed by atoms with Gasteiger partial charge in [-0.2, -0.15) is 10.5 Å². The first-order valence-corrected chi connectivity index (χ1v) is 5.79. The van der Waals surface area contributed by atoms with Crippen molar-refractivity contribution in [1.82, 2.24) is 0 Å². The van der Waals surface area contributed by atoms with Crippen LogP contribution in [0.15, 0.2) is 18.2 Å². The first-order chi connectivity index (χ1) is 8.77. The van der Waals surface area contributed by atoms with Crippen LogP contribution in [0.1, 0.15) is 48.7 Å². The van der Waals surface area contributed by atoms with Gasteiger partial charge in [0.05, 0.1) is 29.7 Å². The van der Waals surface area contributed by atoms with E-state index in [1.54, 1.807) is 20.8 Å². The van der Waals surface area contributed by atoms with Gasteiger partial charge < -0.3 is 0 Å². The second-order valence-electron chi connectivity index (χ2n) is 5.30. The minimum atomic E-state index is -0.583. The summed E-state index contributed by atoms with van der Waals surface area (Å²) in [6, 6.07) is 7.99. The molecule has 1 rings (SSSR count). The third-order valence-corrected chi connectivity index (χ3v) is 2.67. The van der Waals surface area contributed by atoms with Gasteiger partial charge in [0.25, 0.3) is 0 Å². The summed E-state index contributed by atoms with van der Waals surface area (Å²) >= 11 is 0. The fraction of sp³-hybridized carbons (Fsp3) is 0.333. The molecule has 4 nitrogen and oxygen atoms in total. The third-order valence-electron chi connectivity index (χ3n) is 2.67. The van der Waals surface area contributed by atoms with Gasteiger partial charge in [0.15, 0.2) is 5.78 Å². The second kappa shape index (κ2) is 5.46. The lowest BCUT2D eigenvalue weighted by atomic mass is 9.86. The molecule has 0 aliphatic rings. The molecule has 0 aliphatic carbocycles. The number of carbonyl (C=O) groups is 2. The molecule has 0 radical (unpaired) electrons. The normalized spacial score (nSPS) is 10.4. The molecule has 0 heterocycles. The fourth-order valence-electron chi connectivity index (χ4n) is 1.43. The maximum Gasteiger partial charge on any atom is 0.170 e. The topological polar surface area (TPSA) is 81.7 Å². The molecule has 0 aliphatic heterocycles. The monoisotopic (exact) mass is 254 g/mol. The molecule has 0 atom stereocenters. The highest BCUT2D eigenvalue weighted by Crippen LogP contribution is 2.19. The Bertz CT molecular complexity index is 578. The van der Waals surface area contributed by atoms with Crippen LogP contribution in [0.5, 0.6) is 0 Å². The van der Waals surface area contributed by atoms with E-state index >= 15 is 0 Å². The Hall–Kier alpha value is -2.46. The van der Waals surface area contributed by atoms with Crippen LogP contribution >= 0.6 is 0 Å². The minimum Gasteiger partial charge on any atom is -0.299 e. The van der Waals surface area contributed by atoms with Crippen LogP contribution in [-0.4, -0.2) is 11.6 Å². The highest BCUT2D eigenvalue weighted by Gasteiger charge is 2.24. The summed E-state index contributed by atoms with van der Waals surface area (Å²) in [5.74, 6) is -0.535. The van der Waals surface area contributed by atoms with E-state index in [0.29, 0.717) is 0 Å². The quantitative estimate of drug-likeness (QED) is 0.613. The van der Waals surface area contributed by atoms with Crippen molar-refractivity contribution in [3.8, 4) is 12.1 Å². The van der Waals surface area contributed by atoms with E-state index in [0.717, 1.165) is 0 Å². The lowest BCUT2D eigenvalue weighted by Gasteiger charge is -2.15. The van der Waals surface area contributed by atoms with Crippen molar-refractivity contribution in [2.45, 2.75) is 27.2 Å².